The quantitative estimate of drug-likeness (QED) is 0.141. The van der Waals surface area contributed by atoms with Crippen molar-refractivity contribution >= 4 is 29.7 Å². The van der Waals surface area contributed by atoms with Crippen molar-refractivity contribution in [2.24, 2.45) is 5.73 Å². The zero-order chi connectivity index (χ0) is 28.2. The fraction of sp³-hybridized carbons (Fsp3) is 0.320. The highest BCUT2D eigenvalue weighted by Crippen LogP contribution is 2.12. The lowest BCUT2D eigenvalue weighted by Crippen LogP contribution is -2.58. The molecule has 2 rings (SSSR count). The summed E-state index contributed by atoms with van der Waals surface area (Å²) in [5.41, 5.74) is 6.78. The minimum Gasteiger partial charge on any atom is -0.508 e. The number of aliphatic hydroxyl groups excluding tert-OH is 1. The van der Waals surface area contributed by atoms with Gasteiger partial charge in [0.2, 0.25) is 17.7 Å². The van der Waals surface area contributed by atoms with Crippen molar-refractivity contribution in [1.29, 1.82) is 0 Å². The predicted molar refractivity (Wildman–Crippen MR) is 133 cm³/mol. The number of carboxylic acid groups (broad SMARTS) is 2. The maximum absolute atomic E-state index is 13.3. The van der Waals surface area contributed by atoms with E-state index in [9.17, 15) is 39.3 Å². The molecule has 2 aromatic rings. The predicted octanol–water partition coefficient (Wildman–Crippen LogP) is -1.49. The van der Waals surface area contributed by atoms with E-state index in [1.54, 1.807) is 30.3 Å². The number of phenols is 1. The van der Waals surface area contributed by atoms with E-state index in [0.717, 1.165) is 0 Å². The minimum absolute atomic E-state index is 0.0276. The van der Waals surface area contributed by atoms with E-state index in [1.165, 1.54) is 24.3 Å². The van der Waals surface area contributed by atoms with Crippen LogP contribution in [0.1, 0.15) is 17.5 Å². The number of carboxylic acids is 2. The van der Waals surface area contributed by atoms with Gasteiger partial charge in [-0.15, -0.1) is 0 Å². The molecule has 0 saturated carbocycles. The van der Waals surface area contributed by atoms with Gasteiger partial charge in [0.15, 0.2) is 0 Å². The molecule has 3 amide bonds. The molecular formula is C25H30N4O9. The molecule has 0 radical (unpaired) electrons. The average molecular weight is 531 g/mol. The van der Waals surface area contributed by atoms with Crippen LogP contribution >= 0.6 is 0 Å². The van der Waals surface area contributed by atoms with Crippen LogP contribution in [-0.2, 0) is 36.8 Å². The molecule has 2 aromatic carbocycles. The van der Waals surface area contributed by atoms with Gasteiger partial charge < -0.3 is 42.1 Å². The number of carbonyl (C=O) groups is 5. The average Bonchev–Trinajstić information content (AvgIpc) is 2.87. The summed E-state index contributed by atoms with van der Waals surface area (Å²) < 4.78 is 0. The number of amides is 3. The van der Waals surface area contributed by atoms with Crippen molar-refractivity contribution in [3.8, 4) is 5.75 Å². The Bertz CT molecular complexity index is 1130. The number of benzene rings is 2. The molecular weight excluding hydrogens is 500 g/mol. The molecule has 0 aliphatic rings. The SMILES string of the molecule is NC(CC(=O)O)C(=O)NC(Cc1ccccc1)C(=O)NC(Cc1ccc(O)cc1)C(=O)NC(CO)C(=O)O. The topological polar surface area (TPSA) is 228 Å². The number of rotatable bonds is 14. The Morgan fingerprint density at radius 3 is 1.66 bits per heavy atom. The lowest BCUT2D eigenvalue weighted by Gasteiger charge is -2.25. The second-order valence-corrected chi connectivity index (χ2v) is 8.47. The first-order valence-corrected chi connectivity index (χ1v) is 11.5. The van der Waals surface area contributed by atoms with Crippen molar-refractivity contribution in [1.82, 2.24) is 16.0 Å². The number of nitrogens with two attached hydrogens (primary N) is 1. The molecule has 4 unspecified atom stereocenters. The summed E-state index contributed by atoms with van der Waals surface area (Å²) in [6.07, 6.45) is -0.824. The van der Waals surface area contributed by atoms with Crippen molar-refractivity contribution in [2.75, 3.05) is 6.61 Å². The Morgan fingerprint density at radius 1 is 0.711 bits per heavy atom. The van der Waals surface area contributed by atoms with Gasteiger partial charge in [0, 0.05) is 12.8 Å². The molecule has 13 nitrogen and oxygen atoms in total. The first kappa shape index (κ1) is 29.7. The van der Waals surface area contributed by atoms with Crippen LogP contribution in [0.5, 0.6) is 5.75 Å². The van der Waals surface area contributed by atoms with Crippen molar-refractivity contribution in [2.45, 2.75) is 43.4 Å². The number of aromatic hydroxyl groups is 1. The van der Waals surface area contributed by atoms with Gasteiger partial charge in [0.1, 0.15) is 23.9 Å². The second kappa shape index (κ2) is 14.3. The molecule has 38 heavy (non-hydrogen) atoms. The number of nitrogens with one attached hydrogen (secondary N) is 3. The fourth-order valence-electron chi connectivity index (χ4n) is 3.43. The lowest BCUT2D eigenvalue weighted by molar-refractivity contribution is -0.143. The minimum atomic E-state index is -1.63. The highest BCUT2D eigenvalue weighted by molar-refractivity contribution is 5.95. The number of aliphatic carboxylic acids is 2. The molecule has 0 heterocycles. The van der Waals surface area contributed by atoms with Crippen LogP contribution in [0, 0.1) is 0 Å². The maximum atomic E-state index is 13.3. The normalized spacial score (nSPS) is 13.8. The number of hydrogen-bond donors (Lipinski definition) is 8. The van der Waals surface area contributed by atoms with Crippen LogP contribution < -0.4 is 21.7 Å². The summed E-state index contributed by atoms with van der Waals surface area (Å²) in [5.74, 6) is -5.46. The van der Waals surface area contributed by atoms with E-state index in [-0.39, 0.29) is 18.6 Å². The van der Waals surface area contributed by atoms with Crippen LogP contribution in [0.4, 0.5) is 0 Å². The Hall–Kier alpha value is -4.49. The monoisotopic (exact) mass is 530 g/mol. The van der Waals surface area contributed by atoms with E-state index < -0.39 is 66.9 Å². The molecule has 0 aliphatic carbocycles. The third-order valence-electron chi connectivity index (χ3n) is 5.45. The summed E-state index contributed by atoms with van der Waals surface area (Å²) in [7, 11) is 0. The van der Waals surface area contributed by atoms with Crippen LogP contribution in [-0.4, -0.2) is 80.9 Å². The summed E-state index contributed by atoms with van der Waals surface area (Å²) >= 11 is 0. The Balaban J connectivity index is 2.30. The Kier molecular flexibility index (Phi) is 11.2. The van der Waals surface area contributed by atoms with Gasteiger partial charge in [-0.2, -0.15) is 0 Å². The largest absolute Gasteiger partial charge is 0.508 e. The molecule has 9 N–H and O–H groups in total. The second-order valence-electron chi connectivity index (χ2n) is 8.47. The molecule has 13 heteroatoms. The third-order valence-corrected chi connectivity index (χ3v) is 5.45. The van der Waals surface area contributed by atoms with Gasteiger partial charge in [-0.3, -0.25) is 19.2 Å². The first-order chi connectivity index (χ1) is 18.0. The van der Waals surface area contributed by atoms with E-state index >= 15 is 0 Å². The molecule has 0 saturated heterocycles. The summed E-state index contributed by atoms with van der Waals surface area (Å²) in [5, 5.41) is 44.0. The van der Waals surface area contributed by atoms with Crippen molar-refractivity contribution in [3.63, 3.8) is 0 Å². The third kappa shape index (κ3) is 9.52. The zero-order valence-corrected chi connectivity index (χ0v) is 20.2. The fourth-order valence-corrected chi connectivity index (χ4v) is 3.43. The van der Waals surface area contributed by atoms with Crippen molar-refractivity contribution < 1.29 is 44.4 Å². The lowest BCUT2D eigenvalue weighted by atomic mass is 10.0. The van der Waals surface area contributed by atoms with Gasteiger partial charge in [-0.05, 0) is 23.3 Å². The number of aliphatic hydroxyl groups is 1. The van der Waals surface area contributed by atoms with Crippen molar-refractivity contribution in [3.05, 3.63) is 65.7 Å². The summed E-state index contributed by atoms with van der Waals surface area (Å²) in [4.78, 5) is 61.0. The zero-order valence-electron chi connectivity index (χ0n) is 20.2. The maximum Gasteiger partial charge on any atom is 0.328 e. The molecule has 0 aliphatic heterocycles. The molecule has 0 aromatic heterocycles. The van der Waals surface area contributed by atoms with Gasteiger partial charge in [-0.25, -0.2) is 4.79 Å². The Morgan fingerprint density at radius 2 is 1.18 bits per heavy atom. The highest BCUT2D eigenvalue weighted by Gasteiger charge is 2.31. The summed E-state index contributed by atoms with van der Waals surface area (Å²) in [6.45, 7) is -0.894. The van der Waals surface area contributed by atoms with E-state index in [1.807, 2.05) is 0 Å². The first-order valence-electron chi connectivity index (χ1n) is 11.5. The number of carbonyl (C=O) groups excluding carboxylic acids is 3. The van der Waals surface area contributed by atoms with Gasteiger partial charge >= 0.3 is 11.9 Å². The van der Waals surface area contributed by atoms with Crippen LogP contribution in [0.15, 0.2) is 54.6 Å². The smallest absolute Gasteiger partial charge is 0.328 e. The van der Waals surface area contributed by atoms with Gasteiger partial charge in [-0.1, -0.05) is 42.5 Å². The number of hydrogen-bond acceptors (Lipinski definition) is 8. The van der Waals surface area contributed by atoms with Gasteiger partial charge in [0.25, 0.3) is 0 Å². The summed E-state index contributed by atoms with van der Waals surface area (Å²) in [6, 6.07) is 8.61. The van der Waals surface area contributed by atoms with Crippen LogP contribution in [0.25, 0.3) is 0 Å². The van der Waals surface area contributed by atoms with Crippen LogP contribution in [0.2, 0.25) is 0 Å². The Labute approximate surface area is 217 Å². The molecule has 0 spiro atoms. The standard InChI is InChI=1S/C25H30N4O9/c26-17(12-21(32)33)22(34)27-18(10-14-4-2-1-3-5-14)23(35)28-19(11-15-6-8-16(31)9-7-15)24(36)29-20(13-30)25(37)38/h1-9,17-20,30-31H,10-13,26H2,(H,27,34)(H,28,35)(H,29,36)(H,32,33)(H,37,38). The van der Waals surface area contributed by atoms with E-state index in [0.29, 0.717) is 11.1 Å². The van der Waals surface area contributed by atoms with Crippen LogP contribution in [0.3, 0.4) is 0 Å². The van der Waals surface area contributed by atoms with E-state index in [4.69, 9.17) is 10.8 Å². The molecule has 204 valence electrons. The highest BCUT2D eigenvalue weighted by atomic mass is 16.4. The molecule has 0 bridgehead atoms. The molecule has 4 atom stereocenters. The van der Waals surface area contributed by atoms with E-state index in [2.05, 4.69) is 16.0 Å². The van der Waals surface area contributed by atoms with Gasteiger partial charge in [0.05, 0.1) is 19.1 Å². The number of phenolic OH excluding ortho intramolecular Hbond substituents is 1. The molecule has 0 fully saturated rings.